The third-order valence-electron chi connectivity index (χ3n) is 8.04. The molecule has 0 N–H and O–H groups in total. The fourth-order valence-corrected chi connectivity index (χ4v) is 7.36. The van der Waals surface area contributed by atoms with Gasteiger partial charge in [-0.1, -0.05) is 67.2 Å². The molecule has 3 aliphatic rings. The van der Waals surface area contributed by atoms with Crippen LogP contribution in [0.2, 0.25) is 0 Å². The van der Waals surface area contributed by atoms with Crippen molar-refractivity contribution in [2.24, 2.45) is 13.0 Å². The molecular weight excluding hydrogens is 500 g/mol. The quantitative estimate of drug-likeness (QED) is 0.391. The fourth-order valence-electron chi connectivity index (χ4n) is 5.98. The van der Waals surface area contributed by atoms with Gasteiger partial charge in [0.1, 0.15) is 21.8 Å². The zero-order valence-electron chi connectivity index (χ0n) is 21.4. The van der Waals surface area contributed by atoms with Gasteiger partial charge in [-0.2, -0.15) is 5.26 Å². The Kier molecular flexibility index (Phi) is 7.55. The van der Waals surface area contributed by atoms with Crippen molar-refractivity contribution in [1.82, 2.24) is 9.47 Å². The van der Waals surface area contributed by atoms with Crippen LogP contribution >= 0.6 is 24.0 Å². The number of anilines is 1. The largest absolute Gasteiger partial charge is 0.357 e. The summed E-state index contributed by atoms with van der Waals surface area (Å²) in [6.45, 7) is 3.45. The molecule has 1 aromatic carbocycles. The van der Waals surface area contributed by atoms with Crippen LogP contribution in [0.3, 0.4) is 0 Å². The van der Waals surface area contributed by atoms with Crippen molar-refractivity contribution in [3.8, 4) is 6.07 Å². The van der Waals surface area contributed by atoms with Crippen LogP contribution in [0.25, 0.3) is 6.08 Å². The lowest BCUT2D eigenvalue weighted by Gasteiger charge is -2.36. The van der Waals surface area contributed by atoms with Crippen molar-refractivity contribution in [3.63, 3.8) is 0 Å². The van der Waals surface area contributed by atoms with Crippen LogP contribution < -0.4 is 10.5 Å². The first-order valence-corrected chi connectivity index (χ1v) is 14.3. The molecule has 5 rings (SSSR count). The van der Waals surface area contributed by atoms with Gasteiger partial charge in [-0.25, -0.2) is 0 Å². The van der Waals surface area contributed by atoms with E-state index in [1.165, 1.54) is 17.3 Å². The Labute approximate surface area is 227 Å². The third kappa shape index (κ3) is 4.99. The summed E-state index contributed by atoms with van der Waals surface area (Å²) in [5, 5.41) is 9.77. The standard InChI is InChI=1S/C29H32N4O2S2/c1-19-23(17-25-28(35)33(29(36)37-25)22-10-6-7-11-22)26(31(2)27(34)24(19)18-30)32-14-12-21(13-15-32)16-20-8-4-3-5-9-20/h3-5,8-9,17,21-22H,6-7,10-16H2,1-2H3. The number of amides is 1. The lowest BCUT2D eigenvalue weighted by atomic mass is 9.90. The average Bonchev–Trinajstić information content (AvgIpc) is 3.52. The number of benzene rings is 1. The molecule has 1 aliphatic carbocycles. The molecule has 2 saturated heterocycles. The lowest BCUT2D eigenvalue weighted by Crippen LogP contribution is -2.39. The number of aromatic nitrogens is 1. The summed E-state index contributed by atoms with van der Waals surface area (Å²) in [6, 6.07) is 12.9. The van der Waals surface area contributed by atoms with Crippen LogP contribution in [0.5, 0.6) is 0 Å². The van der Waals surface area contributed by atoms with Gasteiger partial charge in [0.2, 0.25) is 0 Å². The number of thioether (sulfide) groups is 1. The number of thiocarbonyl (C=S) groups is 1. The van der Waals surface area contributed by atoms with E-state index in [2.05, 4.69) is 35.2 Å². The van der Waals surface area contributed by atoms with Gasteiger partial charge in [0.05, 0.1) is 4.91 Å². The van der Waals surface area contributed by atoms with E-state index in [0.29, 0.717) is 20.7 Å². The first kappa shape index (κ1) is 25.7. The molecule has 3 fully saturated rings. The normalized spacial score (nSPS) is 20.3. The summed E-state index contributed by atoms with van der Waals surface area (Å²) < 4.78 is 2.20. The van der Waals surface area contributed by atoms with E-state index in [4.69, 9.17) is 12.2 Å². The first-order chi connectivity index (χ1) is 17.9. The van der Waals surface area contributed by atoms with E-state index >= 15 is 0 Å². The Hall–Kier alpha value is -2.89. The van der Waals surface area contributed by atoms with Crippen molar-refractivity contribution < 1.29 is 4.79 Å². The molecule has 1 aromatic heterocycles. The molecule has 8 heteroatoms. The van der Waals surface area contributed by atoms with Gasteiger partial charge in [-0.15, -0.1) is 0 Å². The van der Waals surface area contributed by atoms with Gasteiger partial charge in [-0.3, -0.25) is 19.1 Å². The van der Waals surface area contributed by atoms with Gasteiger partial charge in [0, 0.05) is 31.7 Å². The first-order valence-electron chi connectivity index (χ1n) is 13.1. The topological polar surface area (TPSA) is 69.3 Å². The number of nitriles is 1. The average molecular weight is 533 g/mol. The smallest absolute Gasteiger partial charge is 0.270 e. The maximum atomic E-state index is 13.4. The Morgan fingerprint density at radius 1 is 1.11 bits per heavy atom. The summed E-state index contributed by atoms with van der Waals surface area (Å²) in [4.78, 5) is 31.2. The van der Waals surface area contributed by atoms with Gasteiger partial charge < -0.3 is 4.90 Å². The van der Waals surface area contributed by atoms with E-state index in [-0.39, 0.29) is 23.1 Å². The predicted molar refractivity (Wildman–Crippen MR) is 153 cm³/mol. The second kappa shape index (κ2) is 10.8. The number of rotatable bonds is 5. The Morgan fingerprint density at radius 2 is 1.78 bits per heavy atom. The summed E-state index contributed by atoms with van der Waals surface area (Å²) in [6.07, 6.45) is 9.18. The lowest BCUT2D eigenvalue weighted by molar-refractivity contribution is -0.123. The van der Waals surface area contributed by atoms with Crippen LogP contribution in [0.4, 0.5) is 5.82 Å². The van der Waals surface area contributed by atoms with E-state index in [1.807, 2.05) is 19.1 Å². The second-order valence-electron chi connectivity index (χ2n) is 10.3. The van der Waals surface area contributed by atoms with Crippen LogP contribution in [-0.4, -0.2) is 38.8 Å². The molecule has 6 nitrogen and oxygen atoms in total. The molecule has 1 saturated carbocycles. The second-order valence-corrected chi connectivity index (χ2v) is 12.0. The van der Waals surface area contributed by atoms with Crippen molar-refractivity contribution in [3.05, 3.63) is 67.8 Å². The minimum Gasteiger partial charge on any atom is -0.357 e. The van der Waals surface area contributed by atoms with Gasteiger partial charge >= 0.3 is 0 Å². The molecular formula is C29H32N4O2S2. The Balaban J connectivity index is 1.47. The zero-order chi connectivity index (χ0) is 26.1. The minimum atomic E-state index is -0.294. The summed E-state index contributed by atoms with van der Waals surface area (Å²) in [5.74, 6) is 1.31. The molecule has 0 spiro atoms. The third-order valence-corrected chi connectivity index (χ3v) is 9.37. The minimum absolute atomic E-state index is 0.0545. The molecule has 0 unspecified atom stereocenters. The molecule has 0 radical (unpaired) electrons. The van der Waals surface area contributed by atoms with Gasteiger partial charge in [-0.05, 0) is 62.1 Å². The van der Waals surface area contributed by atoms with Crippen LogP contribution in [0.15, 0.2) is 40.0 Å². The molecule has 0 bridgehead atoms. The molecule has 3 heterocycles. The number of carbonyl (C=O) groups is 1. The number of piperidine rings is 1. The number of hydrogen-bond donors (Lipinski definition) is 0. The molecule has 37 heavy (non-hydrogen) atoms. The van der Waals surface area contributed by atoms with Crippen LogP contribution in [-0.2, 0) is 18.3 Å². The van der Waals surface area contributed by atoms with E-state index in [0.717, 1.165) is 69.4 Å². The highest BCUT2D eigenvalue weighted by molar-refractivity contribution is 8.26. The number of carbonyl (C=O) groups excluding carboxylic acids is 1. The van der Waals surface area contributed by atoms with E-state index < -0.39 is 0 Å². The van der Waals surface area contributed by atoms with Crippen molar-refractivity contribution in [2.75, 3.05) is 18.0 Å². The summed E-state index contributed by atoms with van der Waals surface area (Å²) >= 11 is 6.94. The monoisotopic (exact) mass is 532 g/mol. The Bertz CT molecular complexity index is 1340. The van der Waals surface area contributed by atoms with Crippen molar-refractivity contribution in [2.45, 2.75) is 57.9 Å². The van der Waals surface area contributed by atoms with Gasteiger partial charge in [0.15, 0.2) is 0 Å². The molecule has 0 atom stereocenters. The SMILES string of the molecule is Cc1c(C=C2SC(=S)N(C3CCCC3)C2=O)c(N2CCC(Cc3ccccc3)CC2)n(C)c(=O)c1C#N. The van der Waals surface area contributed by atoms with E-state index in [9.17, 15) is 14.9 Å². The highest BCUT2D eigenvalue weighted by Crippen LogP contribution is 2.40. The molecule has 2 aliphatic heterocycles. The Morgan fingerprint density at radius 3 is 2.43 bits per heavy atom. The molecule has 1 amide bonds. The van der Waals surface area contributed by atoms with Gasteiger partial charge in [0.25, 0.3) is 11.5 Å². The maximum absolute atomic E-state index is 13.4. The number of pyridine rings is 1. The summed E-state index contributed by atoms with van der Waals surface area (Å²) in [7, 11) is 1.73. The van der Waals surface area contributed by atoms with Crippen molar-refractivity contribution >= 4 is 46.1 Å². The highest BCUT2D eigenvalue weighted by Gasteiger charge is 2.38. The summed E-state index contributed by atoms with van der Waals surface area (Å²) in [5.41, 5.74) is 2.58. The predicted octanol–water partition coefficient (Wildman–Crippen LogP) is 5.17. The zero-order valence-corrected chi connectivity index (χ0v) is 23.0. The highest BCUT2D eigenvalue weighted by atomic mass is 32.2. The van der Waals surface area contributed by atoms with Crippen LogP contribution in [0.1, 0.15) is 60.8 Å². The maximum Gasteiger partial charge on any atom is 0.270 e. The molecule has 2 aromatic rings. The number of nitrogens with zero attached hydrogens (tertiary/aromatic N) is 4. The number of hydrogen-bond acceptors (Lipinski definition) is 6. The fraction of sp³-hybridized carbons (Fsp3) is 0.448. The van der Waals surface area contributed by atoms with Crippen LogP contribution in [0, 0.1) is 24.2 Å². The van der Waals surface area contributed by atoms with E-state index in [1.54, 1.807) is 16.5 Å². The van der Waals surface area contributed by atoms with Crippen molar-refractivity contribution in [1.29, 1.82) is 5.26 Å². The molecule has 192 valence electrons.